The topological polar surface area (TPSA) is 69.6 Å². The maximum Gasteiger partial charge on any atom is 0.255 e. The summed E-state index contributed by atoms with van der Waals surface area (Å²) < 4.78 is 0. The number of hydrogen-bond acceptors (Lipinski definition) is 3. The first kappa shape index (κ1) is 15.2. The van der Waals surface area contributed by atoms with Crippen molar-refractivity contribution in [3.05, 3.63) is 28.8 Å². The van der Waals surface area contributed by atoms with E-state index in [4.69, 9.17) is 11.6 Å². The fourth-order valence-electron chi connectivity index (χ4n) is 2.79. The van der Waals surface area contributed by atoms with Crippen LogP contribution in [0.5, 0.6) is 5.75 Å². The fourth-order valence-corrected chi connectivity index (χ4v) is 2.96. The van der Waals surface area contributed by atoms with Crippen molar-refractivity contribution in [1.29, 1.82) is 0 Å². The SMILES string of the molecule is O=C(NC1CCN(C(=O)C2CC2)CC1)c1cc(Cl)ccc1O. The third-order valence-corrected chi connectivity index (χ3v) is 4.51. The van der Waals surface area contributed by atoms with Gasteiger partial charge < -0.3 is 15.3 Å². The zero-order valence-electron chi connectivity index (χ0n) is 12.2. The number of hydrogen-bond donors (Lipinski definition) is 2. The second-order valence-corrected chi connectivity index (χ2v) is 6.45. The van der Waals surface area contributed by atoms with Gasteiger partial charge in [-0.2, -0.15) is 0 Å². The lowest BCUT2D eigenvalue weighted by Crippen LogP contribution is -2.47. The van der Waals surface area contributed by atoms with E-state index in [1.807, 2.05) is 4.90 Å². The largest absolute Gasteiger partial charge is 0.507 e. The van der Waals surface area contributed by atoms with E-state index in [2.05, 4.69) is 5.32 Å². The molecule has 2 fully saturated rings. The Morgan fingerprint density at radius 3 is 2.50 bits per heavy atom. The molecule has 3 rings (SSSR count). The summed E-state index contributed by atoms with van der Waals surface area (Å²) in [6, 6.07) is 4.43. The van der Waals surface area contributed by atoms with Crippen LogP contribution >= 0.6 is 11.6 Å². The number of benzene rings is 1. The van der Waals surface area contributed by atoms with Crippen molar-refractivity contribution in [3.63, 3.8) is 0 Å². The quantitative estimate of drug-likeness (QED) is 0.896. The first-order chi connectivity index (χ1) is 10.5. The van der Waals surface area contributed by atoms with Gasteiger partial charge >= 0.3 is 0 Å². The van der Waals surface area contributed by atoms with Crippen LogP contribution in [-0.4, -0.2) is 41.0 Å². The van der Waals surface area contributed by atoms with Gasteiger partial charge in [-0.05, 0) is 43.9 Å². The minimum Gasteiger partial charge on any atom is -0.507 e. The molecule has 1 saturated heterocycles. The monoisotopic (exact) mass is 322 g/mol. The Hall–Kier alpha value is -1.75. The Kier molecular flexibility index (Phi) is 4.25. The highest BCUT2D eigenvalue weighted by atomic mass is 35.5. The number of piperidine rings is 1. The number of amides is 2. The zero-order chi connectivity index (χ0) is 15.7. The van der Waals surface area contributed by atoms with Gasteiger partial charge in [-0.15, -0.1) is 0 Å². The molecule has 1 saturated carbocycles. The van der Waals surface area contributed by atoms with Gasteiger partial charge in [0.15, 0.2) is 0 Å². The molecule has 2 N–H and O–H groups in total. The first-order valence-corrected chi connectivity index (χ1v) is 8.00. The molecule has 5 nitrogen and oxygen atoms in total. The first-order valence-electron chi connectivity index (χ1n) is 7.63. The molecule has 1 aromatic carbocycles. The van der Waals surface area contributed by atoms with E-state index in [0.717, 1.165) is 25.7 Å². The van der Waals surface area contributed by atoms with Crippen molar-refractivity contribution < 1.29 is 14.7 Å². The summed E-state index contributed by atoms with van der Waals surface area (Å²) >= 11 is 5.86. The van der Waals surface area contributed by atoms with Crippen molar-refractivity contribution in [2.24, 2.45) is 5.92 Å². The Morgan fingerprint density at radius 1 is 1.18 bits per heavy atom. The number of halogens is 1. The smallest absolute Gasteiger partial charge is 0.255 e. The van der Waals surface area contributed by atoms with E-state index >= 15 is 0 Å². The number of phenolic OH excluding ortho intramolecular Hbond substituents is 1. The van der Waals surface area contributed by atoms with E-state index < -0.39 is 0 Å². The summed E-state index contributed by atoms with van der Waals surface area (Å²) in [7, 11) is 0. The lowest BCUT2D eigenvalue weighted by molar-refractivity contribution is -0.133. The van der Waals surface area contributed by atoms with Gasteiger partial charge in [0.25, 0.3) is 5.91 Å². The molecule has 2 aliphatic rings. The molecule has 22 heavy (non-hydrogen) atoms. The normalized spacial score (nSPS) is 19.0. The van der Waals surface area contributed by atoms with Crippen molar-refractivity contribution in [3.8, 4) is 5.75 Å². The number of aromatic hydroxyl groups is 1. The Balaban J connectivity index is 1.54. The average Bonchev–Trinajstić information content (AvgIpc) is 3.34. The molecule has 1 heterocycles. The van der Waals surface area contributed by atoms with Crippen molar-refractivity contribution in [2.45, 2.75) is 31.7 Å². The van der Waals surface area contributed by atoms with Crippen LogP contribution in [0.3, 0.4) is 0 Å². The molecule has 118 valence electrons. The standard InChI is InChI=1S/C16H19ClN2O3/c17-11-3-4-14(20)13(9-11)15(21)18-12-5-7-19(8-6-12)16(22)10-1-2-10/h3-4,9-10,12,20H,1-2,5-8H2,(H,18,21). The maximum absolute atomic E-state index is 12.2. The summed E-state index contributed by atoms with van der Waals surface area (Å²) in [5, 5.41) is 13.1. The van der Waals surface area contributed by atoms with E-state index in [1.54, 1.807) is 0 Å². The molecule has 0 atom stereocenters. The molecule has 0 bridgehead atoms. The van der Waals surface area contributed by atoms with Crippen LogP contribution in [-0.2, 0) is 4.79 Å². The van der Waals surface area contributed by atoms with E-state index in [9.17, 15) is 14.7 Å². The van der Waals surface area contributed by atoms with Gasteiger partial charge in [0.2, 0.25) is 5.91 Å². The summed E-state index contributed by atoms with van der Waals surface area (Å²) in [6.45, 7) is 1.36. The van der Waals surface area contributed by atoms with Crippen LogP contribution in [0, 0.1) is 5.92 Å². The highest BCUT2D eigenvalue weighted by molar-refractivity contribution is 6.31. The summed E-state index contributed by atoms with van der Waals surface area (Å²) in [5.74, 6) is 0.0991. The molecule has 0 aromatic heterocycles. The van der Waals surface area contributed by atoms with Gasteiger partial charge in [0.05, 0.1) is 5.56 Å². The number of phenols is 1. The molecule has 1 aliphatic heterocycles. The van der Waals surface area contributed by atoms with Gasteiger partial charge in [0, 0.05) is 30.1 Å². The second-order valence-electron chi connectivity index (χ2n) is 6.01. The number of carbonyl (C=O) groups excluding carboxylic acids is 2. The third-order valence-electron chi connectivity index (χ3n) is 4.27. The molecule has 2 amide bonds. The molecule has 0 spiro atoms. The van der Waals surface area contributed by atoms with Crippen molar-refractivity contribution >= 4 is 23.4 Å². The number of nitrogens with one attached hydrogen (secondary N) is 1. The highest BCUT2D eigenvalue weighted by Gasteiger charge is 2.35. The van der Waals surface area contributed by atoms with Crippen LogP contribution in [0.4, 0.5) is 0 Å². The molecule has 6 heteroatoms. The third kappa shape index (κ3) is 3.35. The van der Waals surface area contributed by atoms with Crippen molar-refractivity contribution in [1.82, 2.24) is 10.2 Å². The van der Waals surface area contributed by atoms with Crippen LogP contribution < -0.4 is 5.32 Å². The van der Waals surface area contributed by atoms with E-state index in [1.165, 1.54) is 18.2 Å². The minimum absolute atomic E-state index is 0.0223. The second kappa shape index (κ2) is 6.16. The number of carbonyl (C=O) groups is 2. The Morgan fingerprint density at radius 2 is 1.86 bits per heavy atom. The molecule has 1 aliphatic carbocycles. The van der Waals surface area contributed by atoms with Gasteiger partial charge in [0.1, 0.15) is 5.75 Å². The van der Waals surface area contributed by atoms with Crippen LogP contribution in [0.1, 0.15) is 36.0 Å². The summed E-state index contributed by atoms with van der Waals surface area (Å²) in [5.41, 5.74) is 0.184. The van der Waals surface area contributed by atoms with Crippen LogP contribution in [0.25, 0.3) is 0 Å². The molecular weight excluding hydrogens is 304 g/mol. The number of nitrogens with zero attached hydrogens (tertiary/aromatic N) is 1. The van der Waals surface area contributed by atoms with E-state index in [0.29, 0.717) is 18.1 Å². The summed E-state index contributed by atoms with van der Waals surface area (Å²) in [4.78, 5) is 26.1. The van der Waals surface area contributed by atoms with E-state index in [-0.39, 0.29) is 35.1 Å². The fraction of sp³-hybridized carbons (Fsp3) is 0.500. The predicted molar refractivity (Wildman–Crippen MR) is 82.9 cm³/mol. The van der Waals surface area contributed by atoms with Gasteiger partial charge in [-0.25, -0.2) is 0 Å². The Labute approximate surface area is 134 Å². The highest BCUT2D eigenvalue weighted by Crippen LogP contribution is 2.32. The zero-order valence-corrected chi connectivity index (χ0v) is 13.0. The molecule has 0 unspecified atom stereocenters. The lowest BCUT2D eigenvalue weighted by Gasteiger charge is -2.32. The van der Waals surface area contributed by atoms with Gasteiger partial charge in [-0.1, -0.05) is 11.6 Å². The van der Waals surface area contributed by atoms with Gasteiger partial charge in [-0.3, -0.25) is 9.59 Å². The minimum atomic E-state index is -0.327. The molecular formula is C16H19ClN2O3. The van der Waals surface area contributed by atoms with Crippen LogP contribution in [0.2, 0.25) is 5.02 Å². The predicted octanol–water partition coefficient (Wildman–Crippen LogP) is 2.18. The Bertz CT molecular complexity index is 593. The molecule has 0 radical (unpaired) electrons. The maximum atomic E-state index is 12.2. The average molecular weight is 323 g/mol. The lowest BCUT2D eigenvalue weighted by atomic mass is 10.0. The van der Waals surface area contributed by atoms with Crippen molar-refractivity contribution in [2.75, 3.05) is 13.1 Å². The van der Waals surface area contributed by atoms with Crippen LogP contribution in [0.15, 0.2) is 18.2 Å². The molecule has 1 aromatic rings. The number of likely N-dealkylation sites (tertiary alicyclic amines) is 1. The summed E-state index contributed by atoms with van der Waals surface area (Å²) in [6.07, 6.45) is 3.52. The number of rotatable bonds is 3.